The monoisotopic (exact) mass is 349 g/mol. The molecule has 0 radical (unpaired) electrons. The lowest BCUT2D eigenvalue weighted by molar-refractivity contribution is -0.139. The minimum atomic E-state index is 0.0735. The van der Waals surface area contributed by atoms with Crippen LogP contribution in [0.5, 0.6) is 0 Å². The van der Waals surface area contributed by atoms with Gasteiger partial charge in [-0.25, -0.2) is 4.98 Å². The predicted octanol–water partition coefficient (Wildman–Crippen LogP) is 3.30. The third-order valence-electron chi connectivity index (χ3n) is 5.19. The van der Waals surface area contributed by atoms with E-state index in [-0.39, 0.29) is 23.9 Å². The Morgan fingerprint density at radius 3 is 2.54 bits per heavy atom. The predicted molar refractivity (Wildman–Crippen MR) is 94.8 cm³/mol. The number of likely N-dealkylation sites (tertiary alicyclic amines) is 2. The molecule has 24 heavy (non-hydrogen) atoms. The van der Waals surface area contributed by atoms with E-state index < -0.39 is 0 Å². The number of piperidine rings is 2. The maximum Gasteiger partial charge on any atom is 0.225 e. The highest BCUT2D eigenvalue weighted by atomic mass is 32.1. The molecule has 2 amide bonds. The van der Waals surface area contributed by atoms with Gasteiger partial charge in [0.1, 0.15) is 5.01 Å². The van der Waals surface area contributed by atoms with Crippen LogP contribution in [0.4, 0.5) is 0 Å². The number of nitrogens with zero attached hydrogens (tertiary/aromatic N) is 3. The average Bonchev–Trinajstić information content (AvgIpc) is 3.01. The van der Waals surface area contributed by atoms with Crippen LogP contribution >= 0.6 is 11.3 Å². The molecule has 2 saturated heterocycles. The summed E-state index contributed by atoms with van der Waals surface area (Å²) in [5.41, 5.74) is 1.03. The first-order chi connectivity index (χ1) is 11.6. The van der Waals surface area contributed by atoms with Crippen molar-refractivity contribution in [1.82, 2.24) is 14.8 Å². The van der Waals surface area contributed by atoms with Gasteiger partial charge in [-0.1, -0.05) is 0 Å². The first-order valence-corrected chi connectivity index (χ1v) is 9.93. The lowest BCUT2D eigenvalue weighted by Crippen LogP contribution is -2.47. The van der Waals surface area contributed by atoms with Gasteiger partial charge >= 0.3 is 0 Å². The van der Waals surface area contributed by atoms with Crippen LogP contribution in [0.1, 0.15) is 68.6 Å². The zero-order chi connectivity index (χ0) is 17.1. The van der Waals surface area contributed by atoms with Crippen molar-refractivity contribution in [2.24, 2.45) is 0 Å². The molecule has 0 saturated carbocycles. The van der Waals surface area contributed by atoms with Crippen molar-refractivity contribution in [2.75, 3.05) is 13.1 Å². The van der Waals surface area contributed by atoms with Gasteiger partial charge in [-0.2, -0.15) is 0 Å². The smallest absolute Gasteiger partial charge is 0.225 e. The third-order valence-corrected chi connectivity index (χ3v) is 6.25. The van der Waals surface area contributed by atoms with Crippen LogP contribution in [0.3, 0.4) is 0 Å². The number of carbonyl (C=O) groups is 2. The molecule has 1 aromatic heterocycles. The van der Waals surface area contributed by atoms with Crippen LogP contribution in [0, 0.1) is 6.92 Å². The number of rotatable bonds is 3. The molecule has 3 rings (SSSR count). The Morgan fingerprint density at radius 1 is 1.17 bits per heavy atom. The maximum absolute atomic E-state index is 13.0. The molecule has 0 bridgehead atoms. The third kappa shape index (κ3) is 3.79. The lowest BCUT2D eigenvalue weighted by Gasteiger charge is -2.39. The van der Waals surface area contributed by atoms with E-state index in [0.29, 0.717) is 6.42 Å². The molecule has 5 nitrogen and oxygen atoms in total. The van der Waals surface area contributed by atoms with E-state index in [4.69, 9.17) is 0 Å². The second-order valence-electron chi connectivity index (χ2n) is 6.99. The Labute approximate surface area is 148 Å². The summed E-state index contributed by atoms with van der Waals surface area (Å²) < 4.78 is 0. The second-order valence-corrected chi connectivity index (χ2v) is 7.88. The Hall–Kier alpha value is -1.43. The SMILES string of the molecule is CC(=O)N1CCCC[C@H]1CC(=O)N1CCCC[C@@H]1c1nc(C)cs1. The van der Waals surface area contributed by atoms with E-state index in [1.165, 1.54) is 0 Å². The van der Waals surface area contributed by atoms with Gasteiger partial charge in [0.15, 0.2) is 0 Å². The highest BCUT2D eigenvalue weighted by Gasteiger charge is 2.33. The highest BCUT2D eigenvalue weighted by Crippen LogP contribution is 2.34. The fraction of sp³-hybridized carbons (Fsp3) is 0.722. The summed E-state index contributed by atoms with van der Waals surface area (Å²) >= 11 is 1.66. The van der Waals surface area contributed by atoms with Gasteiger partial charge in [-0.3, -0.25) is 9.59 Å². The number of aromatic nitrogens is 1. The summed E-state index contributed by atoms with van der Waals surface area (Å²) in [6, 6.07) is 0.198. The van der Waals surface area contributed by atoms with Gasteiger partial charge in [0.2, 0.25) is 11.8 Å². The fourth-order valence-corrected chi connectivity index (χ4v) is 4.90. The number of hydrogen-bond donors (Lipinski definition) is 0. The molecule has 0 N–H and O–H groups in total. The zero-order valence-corrected chi connectivity index (χ0v) is 15.5. The van der Waals surface area contributed by atoms with E-state index in [9.17, 15) is 9.59 Å². The van der Waals surface area contributed by atoms with Crippen LogP contribution in [0.2, 0.25) is 0 Å². The lowest BCUT2D eigenvalue weighted by atomic mass is 9.96. The molecule has 6 heteroatoms. The van der Waals surface area contributed by atoms with E-state index in [2.05, 4.69) is 10.4 Å². The molecular formula is C18H27N3O2S. The van der Waals surface area contributed by atoms with Crippen molar-refractivity contribution in [3.05, 3.63) is 16.1 Å². The molecule has 0 aliphatic carbocycles. The summed E-state index contributed by atoms with van der Waals surface area (Å²) in [7, 11) is 0. The van der Waals surface area contributed by atoms with E-state index in [1.54, 1.807) is 18.3 Å². The van der Waals surface area contributed by atoms with Gasteiger partial charge in [-0.05, 0) is 45.4 Å². The number of hydrogen-bond acceptors (Lipinski definition) is 4. The molecule has 1 aromatic rings. The van der Waals surface area contributed by atoms with Crippen LogP contribution in [0.15, 0.2) is 5.38 Å². The van der Waals surface area contributed by atoms with Crippen molar-refractivity contribution in [1.29, 1.82) is 0 Å². The zero-order valence-electron chi connectivity index (χ0n) is 14.7. The van der Waals surface area contributed by atoms with Gasteiger partial charge in [0.25, 0.3) is 0 Å². The summed E-state index contributed by atoms with van der Waals surface area (Å²) in [6.07, 6.45) is 6.77. The van der Waals surface area contributed by atoms with Crippen molar-refractivity contribution in [3.63, 3.8) is 0 Å². The molecule has 2 fully saturated rings. The maximum atomic E-state index is 13.0. The van der Waals surface area contributed by atoms with Crippen molar-refractivity contribution in [2.45, 2.75) is 70.9 Å². The van der Waals surface area contributed by atoms with E-state index in [0.717, 1.165) is 62.3 Å². The first kappa shape index (κ1) is 17.4. The minimum Gasteiger partial charge on any atom is -0.339 e. The Bertz CT molecular complexity index is 601. The summed E-state index contributed by atoms with van der Waals surface area (Å²) in [5.74, 6) is 0.281. The quantitative estimate of drug-likeness (QED) is 0.841. The van der Waals surface area contributed by atoms with Crippen LogP contribution < -0.4 is 0 Å². The largest absolute Gasteiger partial charge is 0.339 e. The van der Waals surface area contributed by atoms with Crippen molar-refractivity contribution in [3.8, 4) is 0 Å². The number of aryl methyl sites for hydroxylation is 1. The summed E-state index contributed by atoms with van der Waals surface area (Å²) in [5, 5.41) is 3.12. The molecule has 2 aliphatic heterocycles. The van der Waals surface area contributed by atoms with Crippen molar-refractivity contribution >= 4 is 23.2 Å². The van der Waals surface area contributed by atoms with Gasteiger partial charge in [0, 0.05) is 43.5 Å². The molecule has 0 aromatic carbocycles. The second kappa shape index (κ2) is 7.64. The topological polar surface area (TPSA) is 53.5 Å². The minimum absolute atomic E-state index is 0.0735. The highest BCUT2D eigenvalue weighted by molar-refractivity contribution is 7.09. The van der Waals surface area contributed by atoms with Crippen LogP contribution in [-0.2, 0) is 9.59 Å². The number of carbonyl (C=O) groups excluding carboxylic acids is 2. The summed E-state index contributed by atoms with van der Waals surface area (Å²) in [4.78, 5) is 33.4. The molecule has 0 unspecified atom stereocenters. The normalized spacial score (nSPS) is 24.9. The molecular weight excluding hydrogens is 322 g/mol. The van der Waals surface area contributed by atoms with E-state index >= 15 is 0 Å². The molecule has 2 aliphatic rings. The fourth-order valence-electron chi connectivity index (χ4n) is 3.96. The molecule has 132 valence electrons. The first-order valence-electron chi connectivity index (χ1n) is 9.05. The molecule has 0 spiro atoms. The Morgan fingerprint density at radius 2 is 1.88 bits per heavy atom. The average molecular weight is 350 g/mol. The standard InChI is InChI=1S/C18H27N3O2S/c1-13-12-24-18(19-13)16-8-4-6-10-21(16)17(23)11-15-7-3-5-9-20(15)14(2)22/h12,15-16H,3-11H2,1-2H3/t15-,16+/m0/s1. The van der Waals surface area contributed by atoms with E-state index in [1.807, 2.05) is 16.7 Å². The van der Waals surface area contributed by atoms with Gasteiger partial charge < -0.3 is 9.80 Å². The van der Waals surface area contributed by atoms with Crippen molar-refractivity contribution < 1.29 is 9.59 Å². The molecule has 2 atom stereocenters. The molecule has 3 heterocycles. The Kier molecular flexibility index (Phi) is 5.54. The Balaban J connectivity index is 1.70. The van der Waals surface area contributed by atoms with Gasteiger partial charge in [0.05, 0.1) is 6.04 Å². The van der Waals surface area contributed by atoms with Crippen LogP contribution in [-0.4, -0.2) is 45.7 Å². The number of thiazole rings is 1. The summed E-state index contributed by atoms with van der Waals surface area (Å²) in [6.45, 7) is 5.23. The van der Waals surface area contributed by atoms with Crippen LogP contribution in [0.25, 0.3) is 0 Å². The van der Waals surface area contributed by atoms with Gasteiger partial charge in [-0.15, -0.1) is 11.3 Å². The number of amides is 2.